The number of carbonyl (C=O) groups is 1. The molecule has 2 aromatic carbocycles. The molecular weight excluding hydrogens is 520 g/mol. The normalized spacial score (nSPS) is 10.4. The average Bonchev–Trinajstić information content (AvgIpc) is 3.15. The van der Waals surface area contributed by atoms with Gasteiger partial charge in [-0.05, 0) is 66.4 Å². The van der Waals surface area contributed by atoms with Gasteiger partial charge in [-0.15, -0.1) is 0 Å². The van der Waals surface area contributed by atoms with Crippen molar-refractivity contribution in [2.45, 2.75) is 0 Å². The molecule has 1 aromatic heterocycles. The van der Waals surface area contributed by atoms with Crippen LogP contribution in [0.1, 0.15) is 0 Å². The fraction of sp³-hybridized carbons (Fsp3) is 0.333. The van der Waals surface area contributed by atoms with Crippen LogP contribution in [-0.4, -0.2) is 69.5 Å². The molecule has 0 aliphatic rings. The fourth-order valence-electron chi connectivity index (χ4n) is 3.27. The second-order valence-corrected chi connectivity index (χ2v) is 9.07. The summed E-state index contributed by atoms with van der Waals surface area (Å²) in [6, 6.07) is 11.3. The number of hydrogen-bond donors (Lipinski definition) is 2. The van der Waals surface area contributed by atoms with E-state index in [1.807, 2.05) is 38.4 Å². The highest BCUT2D eigenvalue weighted by Gasteiger charge is 2.14. The molecule has 34 heavy (non-hydrogen) atoms. The lowest BCUT2D eigenvalue weighted by molar-refractivity contribution is -0.105. The highest BCUT2D eigenvalue weighted by molar-refractivity contribution is 9.10. The summed E-state index contributed by atoms with van der Waals surface area (Å²) in [6.07, 6.45) is 2.36. The molecule has 184 valence electrons. The summed E-state index contributed by atoms with van der Waals surface area (Å²) >= 11 is 9.47. The van der Waals surface area contributed by atoms with Crippen LogP contribution < -0.4 is 20.3 Å². The van der Waals surface area contributed by atoms with Crippen molar-refractivity contribution in [2.75, 3.05) is 63.9 Å². The lowest BCUT2D eigenvalue weighted by Gasteiger charge is -2.24. The van der Waals surface area contributed by atoms with E-state index in [4.69, 9.17) is 16.3 Å². The number of methoxy groups -OCH3 is 1. The topological polar surface area (TPSA) is 74.7 Å². The molecule has 0 saturated carbocycles. The molecule has 2 N–H and O–H groups in total. The molecule has 0 unspecified atom stereocenters. The largest absolute Gasteiger partial charge is 0.496 e. The molecule has 8 nitrogen and oxygen atoms in total. The fourth-order valence-corrected chi connectivity index (χ4v) is 4.00. The Balaban J connectivity index is 0.000000242. The zero-order valence-corrected chi connectivity index (χ0v) is 22.7. The van der Waals surface area contributed by atoms with Gasteiger partial charge in [-0.2, -0.15) is 5.10 Å². The third kappa shape index (κ3) is 7.38. The number of likely N-dealkylation sites (N-methyl/N-ethyl adjacent to an activating group) is 2. The lowest BCUT2D eigenvalue weighted by atomic mass is 10.1. The number of anilines is 3. The molecule has 3 rings (SSSR count). The molecule has 0 spiro atoms. The number of benzene rings is 2. The van der Waals surface area contributed by atoms with Crippen LogP contribution in [-0.2, 0) is 11.8 Å². The van der Waals surface area contributed by atoms with E-state index in [0.717, 1.165) is 51.0 Å². The summed E-state index contributed by atoms with van der Waals surface area (Å²) in [5.74, 6) is 0.718. The monoisotopic (exact) mass is 550 g/mol. The zero-order valence-electron chi connectivity index (χ0n) is 20.4. The van der Waals surface area contributed by atoms with Crippen molar-refractivity contribution in [3.63, 3.8) is 0 Å². The van der Waals surface area contributed by atoms with E-state index in [-0.39, 0.29) is 0 Å². The van der Waals surface area contributed by atoms with E-state index in [1.54, 1.807) is 30.1 Å². The number of ether oxygens (including phenoxy) is 1. The first-order valence-electron chi connectivity index (χ1n) is 10.6. The number of halogens is 2. The predicted molar refractivity (Wildman–Crippen MR) is 145 cm³/mol. The third-order valence-electron chi connectivity index (χ3n) is 5.10. The van der Waals surface area contributed by atoms with E-state index in [0.29, 0.717) is 12.1 Å². The van der Waals surface area contributed by atoms with Crippen molar-refractivity contribution in [1.82, 2.24) is 14.7 Å². The SMILES string of the molecule is CNc1ccc(Cl)cc1N(C)CCN(C)C.COc1ccc(NC=O)cc1-c1c(Br)cnn1C. The number of hydrogen-bond acceptors (Lipinski definition) is 6. The number of aromatic nitrogens is 2. The average molecular weight is 552 g/mol. The Morgan fingerprint density at radius 2 is 1.91 bits per heavy atom. The first-order valence-corrected chi connectivity index (χ1v) is 11.8. The number of carbonyl (C=O) groups excluding carboxylic acids is 1. The third-order valence-corrected chi connectivity index (χ3v) is 5.91. The van der Waals surface area contributed by atoms with Gasteiger partial charge in [0.2, 0.25) is 6.41 Å². The van der Waals surface area contributed by atoms with Gasteiger partial charge in [0.05, 0.1) is 34.8 Å². The van der Waals surface area contributed by atoms with Crippen molar-refractivity contribution >= 4 is 51.0 Å². The van der Waals surface area contributed by atoms with Gasteiger partial charge in [0, 0.05) is 50.5 Å². The lowest BCUT2D eigenvalue weighted by Crippen LogP contribution is -2.28. The van der Waals surface area contributed by atoms with Crippen molar-refractivity contribution in [3.05, 3.63) is 52.1 Å². The molecule has 10 heteroatoms. The predicted octanol–water partition coefficient (Wildman–Crippen LogP) is 4.81. The molecule has 0 aliphatic heterocycles. The molecule has 1 amide bonds. The van der Waals surface area contributed by atoms with Gasteiger partial charge in [0.25, 0.3) is 0 Å². The minimum absolute atomic E-state index is 0.643. The van der Waals surface area contributed by atoms with Crippen LogP contribution in [0.2, 0.25) is 5.02 Å². The number of aryl methyl sites for hydroxylation is 1. The van der Waals surface area contributed by atoms with Gasteiger partial charge >= 0.3 is 0 Å². The minimum atomic E-state index is 0.643. The van der Waals surface area contributed by atoms with E-state index in [9.17, 15) is 4.79 Å². The standard InChI is InChI=1S/C12H12BrN3O2.C12H20ClN3/c1-16-12(10(13)6-15-16)9-5-8(14-7-17)3-4-11(9)18-2;1-14-11-6-5-10(13)9-12(11)16(4)8-7-15(2)3/h3-7H,1-2H3,(H,14,17);5-6,9,14H,7-8H2,1-4H3. The Morgan fingerprint density at radius 1 is 1.18 bits per heavy atom. The Morgan fingerprint density at radius 3 is 2.47 bits per heavy atom. The summed E-state index contributed by atoms with van der Waals surface area (Å²) in [5, 5.41) is 10.7. The number of rotatable bonds is 9. The Hall–Kier alpha value is -2.75. The van der Waals surface area contributed by atoms with Crippen molar-refractivity contribution in [3.8, 4) is 17.0 Å². The smallest absolute Gasteiger partial charge is 0.211 e. The second kappa shape index (κ2) is 13.2. The van der Waals surface area contributed by atoms with Crippen LogP contribution in [0.4, 0.5) is 17.1 Å². The van der Waals surface area contributed by atoms with Crippen molar-refractivity contribution in [1.29, 1.82) is 0 Å². The van der Waals surface area contributed by atoms with Gasteiger partial charge in [-0.25, -0.2) is 0 Å². The second-order valence-electron chi connectivity index (χ2n) is 7.78. The molecule has 0 atom stereocenters. The summed E-state index contributed by atoms with van der Waals surface area (Å²) in [5.41, 5.74) is 4.69. The van der Waals surface area contributed by atoms with Crippen LogP contribution in [0.15, 0.2) is 47.1 Å². The Bertz CT molecular complexity index is 1070. The van der Waals surface area contributed by atoms with Gasteiger partial charge in [0.1, 0.15) is 5.75 Å². The molecular formula is C24H32BrClN6O2. The van der Waals surface area contributed by atoms with Gasteiger partial charge in [-0.1, -0.05) is 11.6 Å². The maximum Gasteiger partial charge on any atom is 0.211 e. The number of amides is 1. The van der Waals surface area contributed by atoms with E-state index >= 15 is 0 Å². The van der Waals surface area contributed by atoms with Gasteiger partial charge in [0.15, 0.2) is 0 Å². The molecule has 0 bridgehead atoms. The van der Waals surface area contributed by atoms with Crippen LogP contribution in [0.5, 0.6) is 5.75 Å². The zero-order chi connectivity index (χ0) is 25.3. The molecule has 3 aromatic rings. The van der Waals surface area contributed by atoms with Crippen LogP contribution >= 0.6 is 27.5 Å². The van der Waals surface area contributed by atoms with Crippen molar-refractivity contribution in [2.24, 2.45) is 7.05 Å². The Kier molecular flexibility index (Phi) is 10.7. The summed E-state index contributed by atoms with van der Waals surface area (Å²) < 4.78 is 7.94. The molecule has 0 aliphatic carbocycles. The highest BCUT2D eigenvalue weighted by Crippen LogP contribution is 2.36. The number of nitrogens with one attached hydrogen (secondary N) is 2. The highest BCUT2D eigenvalue weighted by atomic mass is 79.9. The summed E-state index contributed by atoms with van der Waals surface area (Å²) in [6.45, 7) is 1.99. The maximum atomic E-state index is 10.5. The quantitative estimate of drug-likeness (QED) is 0.372. The van der Waals surface area contributed by atoms with Gasteiger partial charge < -0.3 is 25.2 Å². The van der Waals surface area contributed by atoms with Crippen LogP contribution in [0.25, 0.3) is 11.3 Å². The van der Waals surface area contributed by atoms with E-state index in [2.05, 4.69) is 62.6 Å². The molecule has 0 radical (unpaired) electrons. The first kappa shape index (κ1) is 27.5. The van der Waals surface area contributed by atoms with Crippen LogP contribution in [0.3, 0.4) is 0 Å². The minimum Gasteiger partial charge on any atom is -0.496 e. The van der Waals surface area contributed by atoms with Gasteiger partial charge in [-0.3, -0.25) is 9.48 Å². The molecule has 0 fully saturated rings. The molecule has 1 heterocycles. The summed E-state index contributed by atoms with van der Waals surface area (Å²) in [7, 11) is 11.6. The first-order chi connectivity index (χ1) is 16.2. The summed E-state index contributed by atoms with van der Waals surface area (Å²) in [4.78, 5) is 14.9. The van der Waals surface area contributed by atoms with E-state index in [1.165, 1.54) is 0 Å². The van der Waals surface area contributed by atoms with E-state index < -0.39 is 0 Å². The molecule has 0 saturated heterocycles. The number of nitrogens with zero attached hydrogens (tertiary/aromatic N) is 4. The maximum absolute atomic E-state index is 10.5. The van der Waals surface area contributed by atoms with Crippen molar-refractivity contribution < 1.29 is 9.53 Å². The van der Waals surface area contributed by atoms with Crippen LogP contribution in [0, 0.1) is 0 Å². The Labute approximate surface area is 215 Å².